The first-order valence-electron chi connectivity index (χ1n) is 9.65. The number of aromatic nitrogens is 1. The number of ether oxygens (including phenoxy) is 2. The number of carbonyl (C=O) groups is 1. The van der Waals surface area contributed by atoms with E-state index in [9.17, 15) is 9.90 Å². The Hall–Kier alpha value is -2.44. The SMILES string of the molecule is C=C[C@@]1(O)CN2CC[C@H]1C[C@@H]2[C@@H](OC(C)=O)c1ccnc2ccc(OC)cc12. The van der Waals surface area contributed by atoms with Gasteiger partial charge in [-0.15, -0.1) is 6.58 Å². The molecule has 3 aliphatic rings. The minimum Gasteiger partial charge on any atom is -0.497 e. The van der Waals surface area contributed by atoms with E-state index in [0.29, 0.717) is 6.54 Å². The zero-order valence-electron chi connectivity index (χ0n) is 16.3. The van der Waals surface area contributed by atoms with Gasteiger partial charge < -0.3 is 14.6 Å². The Morgan fingerprint density at radius 3 is 2.93 bits per heavy atom. The lowest BCUT2D eigenvalue weighted by Crippen LogP contribution is -2.63. The number of esters is 1. The summed E-state index contributed by atoms with van der Waals surface area (Å²) < 4.78 is 11.2. The van der Waals surface area contributed by atoms with E-state index in [4.69, 9.17) is 9.47 Å². The Morgan fingerprint density at radius 1 is 1.46 bits per heavy atom. The largest absolute Gasteiger partial charge is 0.497 e. The number of carbonyl (C=O) groups excluding carboxylic acids is 1. The molecular weight excluding hydrogens is 356 g/mol. The van der Waals surface area contributed by atoms with Gasteiger partial charge in [0, 0.05) is 30.6 Å². The fourth-order valence-corrected chi connectivity index (χ4v) is 4.75. The van der Waals surface area contributed by atoms with Crippen molar-refractivity contribution < 1.29 is 19.4 Å². The van der Waals surface area contributed by atoms with Crippen molar-refractivity contribution in [3.05, 3.63) is 48.7 Å². The van der Waals surface area contributed by atoms with Crippen LogP contribution in [0, 0.1) is 5.92 Å². The van der Waals surface area contributed by atoms with Crippen LogP contribution in [0.5, 0.6) is 5.75 Å². The van der Waals surface area contributed by atoms with Gasteiger partial charge >= 0.3 is 5.97 Å². The van der Waals surface area contributed by atoms with E-state index in [1.54, 1.807) is 19.4 Å². The Labute approximate surface area is 164 Å². The fourth-order valence-electron chi connectivity index (χ4n) is 4.75. The second-order valence-electron chi connectivity index (χ2n) is 7.77. The van der Waals surface area contributed by atoms with Crippen molar-refractivity contribution in [3.8, 4) is 5.75 Å². The molecule has 148 valence electrons. The minimum absolute atomic E-state index is 0.000300. The number of piperidine rings is 3. The normalized spacial score (nSPS) is 30.0. The summed E-state index contributed by atoms with van der Waals surface area (Å²) in [7, 11) is 1.63. The number of aliphatic hydroxyl groups is 1. The van der Waals surface area contributed by atoms with Crippen molar-refractivity contribution in [3.63, 3.8) is 0 Å². The second-order valence-corrected chi connectivity index (χ2v) is 7.77. The van der Waals surface area contributed by atoms with E-state index < -0.39 is 11.7 Å². The second kappa shape index (κ2) is 7.18. The summed E-state index contributed by atoms with van der Waals surface area (Å²) in [6, 6.07) is 7.63. The van der Waals surface area contributed by atoms with Gasteiger partial charge in [0.05, 0.1) is 24.3 Å². The predicted molar refractivity (Wildman–Crippen MR) is 106 cm³/mol. The predicted octanol–water partition coefficient (Wildman–Crippen LogP) is 2.86. The molecule has 1 aromatic carbocycles. The van der Waals surface area contributed by atoms with E-state index in [2.05, 4.69) is 16.5 Å². The summed E-state index contributed by atoms with van der Waals surface area (Å²) in [5, 5.41) is 11.8. The van der Waals surface area contributed by atoms with Crippen molar-refractivity contribution in [2.24, 2.45) is 5.92 Å². The highest BCUT2D eigenvalue weighted by molar-refractivity contribution is 5.84. The lowest BCUT2D eigenvalue weighted by molar-refractivity contribution is -0.163. The zero-order chi connectivity index (χ0) is 19.9. The van der Waals surface area contributed by atoms with E-state index in [0.717, 1.165) is 41.6 Å². The molecule has 1 N–H and O–H groups in total. The maximum atomic E-state index is 12.0. The summed E-state index contributed by atoms with van der Waals surface area (Å²) in [6.07, 6.45) is 4.63. The van der Waals surface area contributed by atoms with Crippen LogP contribution in [0.15, 0.2) is 43.1 Å². The van der Waals surface area contributed by atoms with Crippen LogP contribution in [0.2, 0.25) is 0 Å². The van der Waals surface area contributed by atoms with Crippen LogP contribution >= 0.6 is 0 Å². The topological polar surface area (TPSA) is 71.9 Å². The first-order valence-corrected chi connectivity index (χ1v) is 9.65. The molecule has 1 aromatic heterocycles. The summed E-state index contributed by atoms with van der Waals surface area (Å²) >= 11 is 0. The van der Waals surface area contributed by atoms with Crippen molar-refractivity contribution >= 4 is 16.9 Å². The Bertz CT molecular complexity index is 915. The molecule has 5 atom stereocenters. The van der Waals surface area contributed by atoms with E-state index >= 15 is 0 Å². The molecule has 0 amide bonds. The molecule has 6 heteroatoms. The highest BCUT2D eigenvalue weighted by Gasteiger charge is 2.50. The molecule has 3 aliphatic heterocycles. The molecule has 2 bridgehead atoms. The van der Waals surface area contributed by atoms with Gasteiger partial charge in [0.2, 0.25) is 0 Å². The Balaban J connectivity index is 1.77. The zero-order valence-corrected chi connectivity index (χ0v) is 16.3. The van der Waals surface area contributed by atoms with Crippen LogP contribution < -0.4 is 4.74 Å². The van der Waals surface area contributed by atoms with Gasteiger partial charge in [0.25, 0.3) is 0 Å². The first kappa shape index (κ1) is 18.9. The third kappa shape index (κ3) is 3.16. The molecule has 0 saturated carbocycles. The van der Waals surface area contributed by atoms with Gasteiger partial charge in [-0.2, -0.15) is 0 Å². The number of methoxy groups -OCH3 is 1. The number of rotatable bonds is 5. The maximum Gasteiger partial charge on any atom is 0.303 e. The minimum atomic E-state index is -0.876. The molecule has 5 rings (SSSR count). The molecule has 0 radical (unpaired) electrons. The van der Waals surface area contributed by atoms with Crippen molar-refractivity contribution in [2.45, 2.75) is 37.5 Å². The van der Waals surface area contributed by atoms with Crippen molar-refractivity contribution in [2.75, 3.05) is 20.2 Å². The molecule has 0 spiro atoms. The van der Waals surface area contributed by atoms with Crippen molar-refractivity contribution in [1.29, 1.82) is 0 Å². The number of pyridine rings is 1. The third-order valence-corrected chi connectivity index (χ3v) is 6.21. The van der Waals surface area contributed by atoms with Crippen LogP contribution in [0.1, 0.15) is 31.4 Å². The molecule has 6 nitrogen and oxygen atoms in total. The van der Waals surface area contributed by atoms with Crippen LogP contribution in [0.25, 0.3) is 10.9 Å². The quantitative estimate of drug-likeness (QED) is 0.633. The summed E-state index contributed by atoms with van der Waals surface area (Å²) in [5.41, 5.74) is 0.867. The maximum absolute atomic E-state index is 12.0. The number of hydrogen-bond acceptors (Lipinski definition) is 6. The third-order valence-electron chi connectivity index (χ3n) is 6.21. The van der Waals surface area contributed by atoms with E-state index in [1.807, 2.05) is 24.3 Å². The van der Waals surface area contributed by atoms with Gasteiger partial charge in [0.15, 0.2) is 0 Å². The molecule has 2 aromatic rings. The molecule has 4 heterocycles. The van der Waals surface area contributed by atoms with Gasteiger partial charge in [-0.25, -0.2) is 0 Å². The fraction of sp³-hybridized carbons (Fsp3) is 0.455. The van der Waals surface area contributed by atoms with Crippen molar-refractivity contribution in [1.82, 2.24) is 9.88 Å². The summed E-state index contributed by atoms with van der Waals surface area (Å²) in [5.74, 6) is 0.523. The van der Waals surface area contributed by atoms with Gasteiger partial charge in [-0.1, -0.05) is 6.08 Å². The Morgan fingerprint density at radius 2 is 2.29 bits per heavy atom. The smallest absolute Gasteiger partial charge is 0.303 e. The highest BCUT2D eigenvalue weighted by Crippen LogP contribution is 2.45. The van der Waals surface area contributed by atoms with E-state index in [-0.39, 0.29) is 17.9 Å². The van der Waals surface area contributed by atoms with Crippen LogP contribution in [0.4, 0.5) is 0 Å². The van der Waals surface area contributed by atoms with Gasteiger partial charge in [0.1, 0.15) is 11.9 Å². The Kier molecular flexibility index (Phi) is 4.85. The van der Waals surface area contributed by atoms with E-state index in [1.165, 1.54) is 6.92 Å². The molecule has 3 fully saturated rings. The lowest BCUT2D eigenvalue weighted by atomic mass is 9.70. The first-order chi connectivity index (χ1) is 13.4. The monoisotopic (exact) mass is 382 g/mol. The average Bonchev–Trinajstić information content (AvgIpc) is 2.71. The number of benzene rings is 1. The standard InChI is InChI=1S/C22H26N2O4/c1-4-22(26)13-24-10-8-15(22)11-20(24)21(28-14(2)25)17-7-9-23-19-6-5-16(27-3)12-18(17)19/h4-7,9,12,15,20-21,26H,1,8,10-11,13H2,2-3H3/t15-,20+,21-,22+/m0/s1. The van der Waals surface area contributed by atoms with Crippen LogP contribution in [0.3, 0.4) is 0 Å². The van der Waals surface area contributed by atoms with Crippen LogP contribution in [-0.2, 0) is 9.53 Å². The number of fused-ring (bicyclic) bond motifs is 4. The average molecular weight is 382 g/mol. The molecular formula is C22H26N2O4. The lowest BCUT2D eigenvalue weighted by Gasteiger charge is -2.54. The van der Waals surface area contributed by atoms with Gasteiger partial charge in [-0.3, -0.25) is 14.7 Å². The van der Waals surface area contributed by atoms with Gasteiger partial charge in [-0.05, 0) is 49.6 Å². The molecule has 3 saturated heterocycles. The number of nitrogens with zero attached hydrogens (tertiary/aromatic N) is 2. The molecule has 0 aliphatic carbocycles. The molecule has 1 unspecified atom stereocenters. The molecule has 28 heavy (non-hydrogen) atoms. The summed E-state index contributed by atoms with van der Waals surface area (Å²) in [6.45, 7) is 6.65. The number of hydrogen-bond donors (Lipinski definition) is 1. The van der Waals surface area contributed by atoms with Crippen LogP contribution in [-0.4, -0.2) is 52.8 Å². The summed E-state index contributed by atoms with van der Waals surface area (Å²) in [4.78, 5) is 18.6. The highest BCUT2D eigenvalue weighted by atomic mass is 16.5.